The lowest BCUT2D eigenvalue weighted by Crippen LogP contribution is -2.38. The van der Waals surface area contributed by atoms with E-state index in [0.29, 0.717) is 89.3 Å². The monoisotopic (exact) mass is 1250 g/mol. The lowest BCUT2D eigenvalue weighted by atomic mass is 9.85. The van der Waals surface area contributed by atoms with E-state index < -0.39 is 69.6 Å². The zero-order valence-corrected chi connectivity index (χ0v) is 57.1. The van der Waals surface area contributed by atoms with E-state index in [0.717, 1.165) is 22.3 Å². The summed E-state index contributed by atoms with van der Waals surface area (Å²) in [6.07, 6.45) is 1.50. The molecule has 3 aliphatic heterocycles. The lowest BCUT2D eigenvalue weighted by molar-refractivity contribution is -0.163. The number of benzene rings is 3. The molecule has 6 rings (SSSR count). The highest BCUT2D eigenvalue weighted by Gasteiger charge is 2.43. The van der Waals surface area contributed by atoms with Gasteiger partial charge >= 0.3 is 36.2 Å². The first kappa shape index (κ1) is 72.0. The predicted molar refractivity (Wildman–Crippen MR) is 343 cm³/mol. The van der Waals surface area contributed by atoms with E-state index in [1.807, 2.05) is 191 Å². The van der Waals surface area contributed by atoms with Crippen LogP contribution in [0.3, 0.4) is 0 Å². The summed E-state index contributed by atoms with van der Waals surface area (Å²) in [5.74, 6) is -2.72. The fourth-order valence-corrected chi connectivity index (χ4v) is 11.4. The van der Waals surface area contributed by atoms with Gasteiger partial charge in [-0.1, -0.05) is 48.5 Å². The Labute approximate surface area is 535 Å². The molecule has 19 heteroatoms. The average Bonchev–Trinajstić information content (AvgIpc) is 1.74. The van der Waals surface area contributed by atoms with E-state index in [2.05, 4.69) is 0 Å². The van der Waals surface area contributed by atoms with Crippen LogP contribution < -0.4 is 9.47 Å². The highest BCUT2D eigenvalue weighted by molar-refractivity contribution is 5.78. The van der Waals surface area contributed by atoms with Crippen LogP contribution in [0.5, 0.6) is 11.5 Å². The molecule has 6 atom stereocenters. The molecule has 3 fully saturated rings. The smallest absolute Gasteiger partial charge is 0.410 e. The zero-order chi connectivity index (χ0) is 66.7. The second-order valence-corrected chi connectivity index (χ2v) is 30.5. The number of rotatable bonds is 21. The number of ether oxygens (including phenoxy) is 8. The molecular formula is C71H104N4O15. The fourth-order valence-electron chi connectivity index (χ4n) is 11.4. The normalized spacial score (nSPS) is 18.5. The summed E-state index contributed by atoms with van der Waals surface area (Å²) in [5, 5.41) is 0. The van der Waals surface area contributed by atoms with E-state index in [1.54, 1.807) is 25.7 Å². The molecule has 90 heavy (non-hydrogen) atoms. The Bertz CT molecular complexity index is 2960. The quantitative estimate of drug-likeness (QED) is 0.0718. The molecule has 19 nitrogen and oxygen atoms in total. The third-order valence-corrected chi connectivity index (χ3v) is 15.3. The number of carbonyl (C=O) groups excluding carboxylic acids is 7. The molecular weight excluding hydrogens is 1150 g/mol. The lowest BCUT2D eigenvalue weighted by Gasteiger charge is -2.28. The molecule has 0 aliphatic carbocycles. The number of carbonyl (C=O) groups is 7. The maximum atomic E-state index is 14.7. The second-order valence-electron chi connectivity index (χ2n) is 30.5. The Kier molecular flexibility index (Phi) is 23.9. The van der Waals surface area contributed by atoms with Crippen molar-refractivity contribution in [3.05, 3.63) is 95.1 Å². The third kappa shape index (κ3) is 24.0. The van der Waals surface area contributed by atoms with Gasteiger partial charge in [0.05, 0.1) is 24.3 Å². The van der Waals surface area contributed by atoms with Crippen molar-refractivity contribution in [2.45, 2.75) is 203 Å². The summed E-state index contributed by atoms with van der Waals surface area (Å²) in [6, 6.07) is 22.6. The standard InChI is InChI=1S/C71H104N4O15/c1-66(2,3)85-60(77)56(51-28-31-73(43-51)63(80)88-69(10,11)12)39-47-22-19-25-50(36-47)42-72(34-35-83-54-26-20-23-48(37-54)40-57(61(78)86-67(4,5)6)52-29-32-74(44-52)64(81)89-70(13,14)15)59(76)46-84-55-27-21-24-49(38-55)41-58(62(79)87-68(7,8)9)53-30-33-75(45-53)65(82)90-71(16,17)18/h19-27,36-38,51-53,56-58H,28-35,39-46H2,1-18H3/t51-,52-,53-,56-,57-,58-/m0/s1. The van der Waals surface area contributed by atoms with E-state index in [1.165, 1.54) is 0 Å². The minimum atomic E-state index is -0.746. The zero-order valence-electron chi connectivity index (χ0n) is 57.1. The Morgan fingerprint density at radius 3 is 1.08 bits per heavy atom. The van der Waals surface area contributed by atoms with Crippen molar-refractivity contribution in [1.29, 1.82) is 0 Å². The van der Waals surface area contributed by atoms with Crippen LogP contribution in [0.1, 0.15) is 166 Å². The molecule has 3 heterocycles. The van der Waals surface area contributed by atoms with Gasteiger partial charge in [-0.2, -0.15) is 0 Å². The Balaban J connectivity index is 1.23. The van der Waals surface area contributed by atoms with Crippen LogP contribution in [0.15, 0.2) is 72.8 Å². The average molecular weight is 1250 g/mol. The van der Waals surface area contributed by atoms with E-state index >= 15 is 0 Å². The largest absolute Gasteiger partial charge is 0.492 e. The molecule has 0 N–H and O–H groups in total. The van der Waals surface area contributed by atoms with Crippen molar-refractivity contribution in [3.8, 4) is 11.5 Å². The van der Waals surface area contributed by atoms with Gasteiger partial charge in [0.2, 0.25) is 0 Å². The van der Waals surface area contributed by atoms with Gasteiger partial charge in [-0.15, -0.1) is 0 Å². The molecule has 3 aromatic carbocycles. The summed E-state index contributed by atoms with van der Waals surface area (Å²) in [5.41, 5.74) is -0.951. The van der Waals surface area contributed by atoms with Crippen molar-refractivity contribution in [1.82, 2.24) is 19.6 Å². The number of esters is 3. The molecule has 4 amide bonds. The minimum Gasteiger partial charge on any atom is -0.492 e. The summed E-state index contributed by atoms with van der Waals surface area (Å²) in [7, 11) is 0. The molecule has 0 unspecified atom stereocenters. The van der Waals surface area contributed by atoms with Crippen LogP contribution >= 0.6 is 0 Å². The van der Waals surface area contributed by atoms with Crippen LogP contribution in [0.25, 0.3) is 0 Å². The molecule has 3 aromatic rings. The molecule has 0 saturated carbocycles. The predicted octanol–water partition coefficient (Wildman–Crippen LogP) is 12.4. The Morgan fingerprint density at radius 2 is 0.733 bits per heavy atom. The Hall–Kier alpha value is -7.05. The van der Waals surface area contributed by atoms with Crippen molar-refractivity contribution < 1.29 is 71.5 Å². The summed E-state index contributed by atoms with van der Waals surface area (Å²) in [4.78, 5) is 103. The Morgan fingerprint density at radius 1 is 0.422 bits per heavy atom. The highest BCUT2D eigenvalue weighted by atomic mass is 16.6. The van der Waals surface area contributed by atoms with E-state index in [9.17, 15) is 33.6 Å². The van der Waals surface area contributed by atoms with Gasteiger partial charge in [0.1, 0.15) is 51.7 Å². The minimum absolute atomic E-state index is 0.0858. The number of hydrogen-bond acceptors (Lipinski definition) is 15. The third-order valence-electron chi connectivity index (χ3n) is 15.3. The first-order valence-electron chi connectivity index (χ1n) is 32.1. The number of likely N-dealkylation sites (tertiary alicyclic amines) is 3. The highest BCUT2D eigenvalue weighted by Crippen LogP contribution is 2.35. The van der Waals surface area contributed by atoms with Crippen LogP contribution in [-0.2, 0) is 73.4 Å². The summed E-state index contributed by atoms with van der Waals surface area (Å²) < 4.78 is 47.7. The van der Waals surface area contributed by atoms with Gasteiger partial charge in [-0.25, -0.2) is 14.4 Å². The molecule has 3 aliphatic rings. The van der Waals surface area contributed by atoms with E-state index in [-0.39, 0.29) is 67.9 Å². The van der Waals surface area contributed by atoms with Crippen LogP contribution in [0.2, 0.25) is 0 Å². The first-order valence-corrected chi connectivity index (χ1v) is 32.1. The van der Waals surface area contributed by atoms with Crippen molar-refractivity contribution in [2.24, 2.45) is 35.5 Å². The van der Waals surface area contributed by atoms with Crippen molar-refractivity contribution >= 4 is 42.1 Å². The van der Waals surface area contributed by atoms with Gasteiger partial charge in [-0.05, 0) is 227 Å². The van der Waals surface area contributed by atoms with Crippen LogP contribution in [0.4, 0.5) is 14.4 Å². The van der Waals surface area contributed by atoms with Gasteiger partial charge in [0.25, 0.3) is 5.91 Å². The molecule has 3 saturated heterocycles. The first-order chi connectivity index (χ1) is 41.6. The number of hydrogen-bond donors (Lipinski definition) is 0. The van der Waals surface area contributed by atoms with Gasteiger partial charge < -0.3 is 57.5 Å². The maximum Gasteiger partial charge on any atom is 0.410 e. The maximum absolute atomic E-state index is 14.7. The number of amides is 4. The fraction of sp³-hybridized carbons (Fsp3) is 0.648. The topological polar surface area (TPSA) is 206 Å². The molecule has 498 valence electrons. The summed E-state index contributed by atoms with van der Waals surface area (Å²) >= 11 is 0. The van der Waals surface area contributed by atoms with Gasteiger partial charge in [0, 0.05) is 45.8 Å². The van der Waals surface area contributed by atoms with E-state index in [4.69, 9.17) is 37.9 Å². The second kappa shape index (κ2) is 29.9. The van der Waals surface area contributed by atoms with Gasteiger partial charge in [-0.3, -0.25) is 19.2 Å². The number of nitrogens with zero attached hydrogens (tertiary/aromatic N) is 4. The van der Waals surface area contributed by atoms with Gasteiger partial charge in [0.15, 0.2) is 6.61 Å². The molecule has 0 aromatic heterocycles. The van der Waals surface area contributed by atoms with Crippen LogP contribution in [-0.4, -0.2) is 154 Å². The van der Waals surface area contributed by atoms with Crippen molar-refractivity contribution in [3.63, 3.8) is 0 Å². The summed E-state index contributed by atoms with van der Waals surface area (Å²) in [6.45, 7) is 35.3. The molecule has 0 radical (unpaired) electrons. The molecule has 0 bridgehead atoms. The SMILES string of the molecule is CC(C)(C)OC(=O)[C@@H](Cc1cccc(CN(CCOc2cccc(C[C@H](C(=O)OC(C)(C)C)[C@H]3CCN(C(=O)OC(C)(C)C)C3)c2)C(=O)COc2cccc(C[C@H](C(=O)OC(C)(C)C)[C@H]3CCN(C(=O)OC(C)(C)C)C3)c2)c1)[C@H]1CCN(C(=O)OC(C)(C)C)C1. The molecule has 0 spiro atoms. The van der Waals surface area contributed by atoms with Crippen LogP contribution in [0, 0.1) is 35.5 Å². The van der Waals surface area contributed by atoms with Crippen molar-refractivity contribution in [2.75, 3.05) is 59.0 Å².